The second kappa shape index (κ2) is 4.30. The summed E-state index contributed by atoms with van der Waals surface area (Å²) in [6.45, 7) is 1.50. The number of hydrogen-bond acceptors (Lipinski definition) is 2. The van der Waals surface area contributed by atoms with Crippen LogP contribution in [0.4, 0.5) is 4.39 Å². The molecule has 3 nitrogen and oxygen atoms in total. The molecule has 0 N–H and O–H groups in total. The number of nitrogens with zero attached hydrogens (tertiary/aromatic N) is 1. The molecule has 1 fully saturated rings. The molecule has 2 amide bonds. The molecule has 1 aliphatic carbocycles. The van der Waals surface area contributed by atoms with E-state index in [-0.39, 0.29) is 12.4 Å². The van der Waals surface area contributed by atoms with E-state index in [1.165, 1.54) is 0 Å². The van der Waals surface area contributed by atoms with Crippen LogP contribution in [-0.4, -0.2) is 23.3 Å². The summed E-state index contributed by atoms with van der Waals surface area (Å²) in [5, 5.41) is 0. The zero-order valence-corrected chi connectivity index (χ0v) is 10.6. The van der Waals surface area contributed by atoms with Crippen molar-refractivity contribution in [2.24, 2.45) is 5.92 Å². The molecular formula is C15H14FNO2. The molecule has 19 heavy (non-hydrogen) atoms. The summed E-state index contributed by atoms with van der Waals surface area (Å²) in [5.41, 5.74) is 1.41. The lowest BCUT2D eigenvalue weighted by molar-refractivity contribution is 0.0659. The first-order chi connectivity index (χ1) is 9.09. The van der Waals surface area contributed by atoms with Crippen molar-refractivity contribution in [1.82, 2.24) is 4.90 Å². The summed E-state index contributed by atoms with van der Waals surface area (Å²) in [6.07, 6.45) is 2.00. The Bertz CT molecular complexity index is 567. The van der Waals surface area contributed by atoms with Crippen LogP contribution in [0.15, 0.2) is 35.7 Å². The number of rotatable bonds is 3. The fraction of sp³-hybridized carbons (Fsp3) is 0.333. The average Bonchev–Trinajstić information content (AvgIpc) is 3.23. The van der Waals surface area contributed by atoms with E-state index in [4.69, 9.17) is 0 Å². The van der Waals surface area contributed by atoms with E-state index in [1.807, 2.05) is 0 Å². The van der Waals surface area contributed by atoms with Crippen molar-refractivity contribution in [3.63, 3.8) is 0 Å². The quantitative estimate of drug-likeness (QED) is 0.783. The van der Waals surface area contributed by atoms with Gasteiger partial charge in [0.2, 0.25) is 0 Å². The van der Waals surface area contributed by atoms with Gasteiger partial charge in [-0.05, 0) is 43.4 Å². The van der Waals surface area contributed by atoms with Gasteiger partial charge in [-0.1, -0.05) is 12.1 Å². The van der Waals surface area contributed by atoms with Crippen LogP contribution in [0, 0.1) is 5.92 Å². The van der Waals surface area contributed by atoms with E-state index < -0.39 is 11.8 Å². The number of benzene rings is 1. The Balaban J connectivity index is 1.86. The largest absolute Gasteiger partial charge is 0.269 e. The Kier molecular flexibility index (Phi) is 2.73. The number of carbonyl (C=O) groups excluding carboxylic acids is 2. The summed E-state index contributed by atoms with van der Waals surface area (Å²) in [6, 6.07) is 6.61. The van der Waals surface area contributed by atoms with Crippen LogP contribution in [-0.2, 0) is 0 Å². The van der Waals surface area contributed by atoms with Crippen LogP contribution in [0.25, 0.3) is 0 Å². The number of fused-ring (bicyclic) bond motifs is 1. The van der Waals surface area contributed by atoms with E-state index >= 15 is 0 Å². The Hall–Kier alpha value is -1.97. The van der Waals surface area contributed by atoms with Crippen molar-refractivity contribution >= 4 is 11.8 Å². The number of imide groups is 1. The van der Waals surface area contributed by atoms with Crippen molar-refractivity contribution in [1.29, 1.82) is 0 Å². The molecular weight excluding hydrogens is 245 g/mol. The molecule has 3 rings (SSSR count). The highest BCUT2D eigenvalue weighted by atomic mass is 19.1. The predicted molar refractivity (Wildman–Crippen MR) is 68.3 cm³/mol. The van der Waals surface area contributed by atoms with Gasteiger partial charge in [0.1, 0.15) is 5.83 Å². The molecule has 0 radical (unpaired) electrons. The maximum Gasteiger partial charge on any atom is 0.261 e. The van der Waals surface area contributed by atoms with Gasteiger partial charge in [-0.15, -0.1) is 0 Å². The summed E-state index contributed by atoms with van der Waals surface area (Å²) in [4.78, 5) is 25.1. The van der Waals surface area contributed by atoms with Gasteiger partial charge < -0.3 is 0 Å². The normalized spacial score (nSPS) is 19.6. The zero-order valence-electron chi connectivity index (χ0n) is 10.6. The Labute approximate surface area is 110 Å². The lowest BCUT2D eigenvalue weighted by Gasteiger charge is -2.13. The average molecular weight is 259 g/mol. The van der Waals surface area contributed by atoms with Gasteiger partial charge in [-0.2, -0.15) is 0 Å². The number of halogens is 1. The third-order valence-electron chi connectivity index (χ3n) is 3.79. The summed E-state index contributed by atoms with van der Waals surface area (Å²) >= 11 is 0. The van der Waals surface area contributed by atoms with Crippen molar-refractivity contribution < 1.29 is 14.0 Å². The lowest BCUT2D eigenvalue weighted by Crippen LogP contribution is -2.31. The molecule has 0 saturated heterocycles. The van der Waals surface area contributed by atoms with Crippen LogP contribution >= 0.6 is 0 Å². The smallest absolute Gasteiger partial charge is 0.261 e. The number of carbonyl (C=O) groups is 2. The topological polar surface area (TPSA) is 37.4 Å². The fourth-order valence-electron chi connectivity index (χ4n) is 2.38. The Morgan fingerprint density at radius 1 is 1.21 bits per heavy atom. The van der Waals surface area contributed by atoms with Gasteiger partial charge in [-0.3, -0.25) is 14.5 Å². The maximum atomic E-state index is 14.0. The van der Waals surface area contributed by atoms with Crippen molar-refractivity contribution in [2.75, 3.05) is 6.54 Å². The van der Waals surface area contributed by atoms with Crippen molar-refractivity contribution in [2.45, 2.75) is 19.8 Å². The monoisotopic (exact) mass is 259 g/mol. The van der Waals surface area contributed by atoms with Crippen LogP contribution in [0.1, 0.15) is 40.5 Å². The molecule has 0 aromatic heterocycles. The van der Waals surface area contributed by atoms with E-state index in [9.17, 15) is 14.0 Å². The zero-order chi connectivity index (χ0) is 13.6. The van der Waals surface area contributed by atoms with Crippen LogP contribution < -0.4 is 0 Å². The Morgan fingerprint density at radius 2 is 1.74 bits per heavy atom. The standard InChI is InChI=1S/C15H14FNO2/c1-9(10-6-7-10)13(16)8-17-14(18)11-4-2-3-5-12(11)15(17)19/h2-5,10H,6-8H2,1H3. The highest BCUT2D eigenvalue weighted by Gasteiger charge is 2.36. The van der Waals surface area contributed by atoms with Gasteiger partial charge in [0.15, 0.2) is 0 Å². The van der Waals surface area contributed by atoms with Crippen LogP contribution in [0.3, 0.4) is 0 Å². The van der Waals surface area contributed by atoms with Crippen molar-refractivity contribution in [3.05, 3.63) is 46.8 Å². The first kappa shape index (κ1) is 12.1. The van der Waals surface area contributed by atoms with Gasteiger partial charge in [0.25, 0.3) is 11.8 Å². The lowest BCUT2D eigenvalue weighted by atomic mass is 10.1. The predicted octanol–water partition coefficient (Wildman–Crippen LogP) is 2.94. The SMILES string of the molecule is CC(=C(F)CN1C(=O)c2ccccc2C1=O)C1CC1. The molecule has 1 aromatic carbocycles. The minimum atomic E-state index is -0.403. The second-order valence-electron chi connectivity index (χ2n) is 5.10. The molecule has 2 aliphatic rings. The molecule has 0 bridgehead atoms. The first-order valence-electron chi connectivity index (χ1n) is 6.40. The molecule has 0 spiro atoms. The Morgan fingerprint density at radius 3 is 2.21 bits per heavy atom. The maximum absolute atomic E-state index is 14.0. The van der Waals surface area contributed by atoms with Crippen LogP contribution in [0.5, 0.6) is 0 Å². The highest BCUT2D eigenvalue weighted by Crippen LogP contribution is 2.38. The van der Waals surface area contributed by atoms with E-state index in [2.05, 4.69) is 0 Å². The van der Waals surface area contributed by atoms with Crippen LogP contribution in [0.2, 0.25) is 0 Å². The summed E-state index contributed by atoms with van der Waals surface area (Å²) < 4.78 is 14.0. The molecule has 1 aliphatic heterocycles. The number of hydrogen-bond donors (Lipinski definition) is 0. The second-order valence-corrected chi connectivity index (χ2v) is 5.10. The minimum absolute atomic E-state index is 0.241. The molecule has 1 heterocycles. The van der Waals surface area contributed by atoms with E-state index in [0.717, 1.165) is 17.7 Å². The van der Waals surface area contributed by atoms with E-state index in [1.54, 1.807) is 31.2 Å². The summed E-state index contributed by atoms with van der Waals surface area (Å²) in [7, 11) is 0. The van der Waals surface area contributed by atoms with Gasteiger partial charge in [0, 0.05) is 0 Å². The van der Waals surface area contributed by atoms with Gasteiger partial charge >= 0.3 is 0 Å². The van der Waals surface area contributed by atoms with Gasteiger partial charge in [-0.25, -0.2) is 4.39 Å². The first-order valence-corrected chi connectivity index (χ1v) is 6.40. The third kappa shape index (κ3) is 1.97. The highest BCUT2D eigenvalue weighted by molar-refractivity contribution is 6.21. The molecule has 98 valence electrons. The molecule has 1 aromatic rings. The molecule has 0 atom stereocenters. The minimum Gasteiger partial charge on any atom is -0.269 e. The number of amides is 2. The van der Waals surface area contributed by atoms with Crippen molar-refractivity contribution in [3.8, 4) is 0 Å². The van der Waals surface area contributed by atoms with E-state index in [0.29, 0.717) is 22.6 Å². The summed E-state index contributed by atoms with van der Waals surface area (Å²) in [5.74, 6) is -0.856. The molecule has 1 saturated carbocycles. The fourth-order valence-corrected chi connectivity index (χ4v) is 2.38. The third-order valence-corrected chi connectivity index (χ3v) is 3.79. The van der Waals surface area contributed by atoms with Gasteiger partial charge in [0.05, 0.1) is 17.7 Å². The number of allylic oxidation sites excluding steroid dienone is 1. The molecule has 4 heteroatoms. The molecule has 0 unspecified atom stereocenters.